The van der Waals surface area contributed by atoms with Crippen LogP contribution in [-0.2, 0) is 39.5 Å². The SMILES string of the molecule is CCN1C2=CC(Cl)=C(C)[C+]=C2N(CCCCS(=O)(=O)[O-])C1=CC=Cc1n(CC)c2cc(Cl)c(C(F)(F)F)cc2[n+]1CCCCS(=O)(=O)O. The summed E-state index contributed by atoms with van der Waals surface area (Å²) in [4.78, 5) is 3.96. The number of aromatic nitrogens is 2. The number of aryl methyl sites for hydroxylation is 2. The maximum absolute atomic E-state index is 13.9. The molecule has 262 valence electrons. The van der Waals surface area contributed by atoms with Gasteiger partial charge in [0.2, 0.25) is 5.70 Å². The van der Waals surface area contributed by atoms with Gasteiger partial charge in [0.15, 0.2) is 21.8 Å². The van der Waals surface area contributed by atoms with Crippen LogP contribution in [0.25, 0.3) is 17.1 Å². The van der Waals surface area contributed by atoms with Gasteiger partial charge in [0, 0.05) is 48.7 Å². The number of nitrogens with zero attached hydrogens (tertiary/aromatic N) is 4. The van der Waals surface area contributed by atoms with E-state index in [1.807, 2.05) is 42.7 Å². The molecule has 0 amide bonds. The lowest BCUT2D eigenvalue weighted by Crippen LogP contribution is -2.37. The van der Waals surface area contributed by atoms with E-state index in [0.29, 0.717) is 48.2 Å². The first kappa shape index (κ1) is 37.9. The molecule has 1 aromatic heterocycles. The number of likely N-dealkylation sites (N-methyl/N-ethyl adjacent to an activating group) is 1. The average Bonchev–Trinajstić information content (AvgIpc) is 3.41. The number of allylic oxidation sites excluding steroid dienone is 6. The number of hydrogen-bond donors (Lipinski definition) is 1. The minimum atomic E-state index is -4.70. The molecule has 1 N–H and O–H groups in total. The highest BCUT2D eigenvalue weighted by molar-refractivity contribution is 7.85. The molecule has 10 nitrogen and oxygen atoms in total. The highest BCUT2D eigenvalue weighted by Gasteiger charge is 2.42. The van der Waals surface area contributed by atoms with Crippen molar-refractivity contribution in [3.8, 4) is 0 Å². The lowest BCUT2D eigenvalue weighted by atomic mass is 10.1. The summed E-state index contributed by atoms with van der Waals surface area (Å²) in [7, 11) is -8.58. The number of halogens is 5. The lowest BCUT2D eigenvalue weighted by molar-refractivity contribution is -0.674. The summed E-state index contributed by atoms with van der Waals surface area (Å²) < 4.78 is 110. The van der Waals surface area contributed by atoms with Gasteiger partial charge in [0.1, 0.15) is 11.4 Å². The van der Waals surface area contributed by atoms with Crippen LogP contribution in [0, 0.1) is 6.08 Å². The van der Waals surface area contributed by atoms with Crippen LogP contribution in [0.15, 0.2) is 58.2 Å². The summed E-state index contributed by atoms with van der Waals surface area (Å²) in [5.41, 5.74) is 1.95. The molecule has 0 bridgehead atoms. The largest absolute Gasteiger partial charge is 0.748 e. The third-order valence-electron chi connectivity index (χ3n) is 7.97. The van der Waals surface area contributed by atoms with Gasteiger partial charge in [0.05, 0.1) is 51.7 Å². The first-order chi connectivity index (χ1) is 22.4. The van der Waals surface area contributed by atoms with Crippen LogP contribution < -0.4 is 4.57 Å². The smallest absolute Gasteiger partial charge is 0.418 e. The Morgan fingerprint density at radius 1 is 1.02 bits per heavy atom. The van der Waals surface area contributed by atoms with Crippen molar-refractivity contribution in [2.24, 2.45) is 0 Å². The normalized spacial score (nSPS) is 16.8. The van der Waals surface area contributed by atoms with Crippen LogP contribution in [-0.4, -0.2) is 64.9 Å². The highest BCUT2D eigenvalue weighted by atomic mass is 35.5. The van der Waals surface area contributed by atoms with Crippen molar-refractivity contribution in [1.82, 2.24) is 14.4 Å². The van der Waals surface area contributed by atoms with E-state index in [1.165, 1.54) is 6.07 Å². The fourth-order valence-corrected chi connectivity index (χ4v) is 7.34. The maximum atomic E-state index is 13.9. The van der Waals surface area contributed by atoms with Crippen LogP contribution >= 0.6 is 23.2 Å². The van der Waals surface area contributed by atoms with E-state index in [9.17, 15) is 34.6 Å². The molecule has 48 heavy (non-hydrogen) atoms. The second kappa shape index (κ2) is 14.9. The third-order valence-corrected chi connectivity index (χ3v) is 10.3. The number of alkyl halides is 3. The molecule has 0 atom stereocenters. The number of unbranched alkanes of at least 4 members (excludes halogenated alkanes) is 2. The van der Waals surface area contributed by atoms with Crippen molar-refractivity contribution in [1.29, 1.82) is 0 Å². The van der Waals surface area contributed by atoms with Crippen LogP contribution in [0.2, 0.25) is 5.02 Å². The molecular formula is C31H36Cl2F3N4O6S2+. The van der Waals surface area contributed by atoms with Gasteiger partial charge in [-0.3, -0.25) is 14.4 Å². The van der Waals surface area contributed by atoms with Gasteiger partial charge < -0.3 is 4.55 Å². The Morgan fingerprint density at radius 3 is 2.31 bits per heavy atom. The Balaban J connectivity index is 1.80. The van der Waals surface area contributed by atoms with Crippen LogP contribution in [0.5, 0.6) is 0 Å². The maximum Gasteiger partial charge on any atom is 0.418 e. The molecule has 17 heteroatoms. The van der Waals surface area contributed by atoms with Crippen LogP contribution in [0.4, 0.5) is 13.2 Å². The van der Waals surface area contributed by atoms with Gasteiger partial charge >= 0.3 is 6.18 Å². The molecule has 0 spiro atoms. The Hall–Kier alpha value is -2.91. The fourth-order valence-electron chi connectivity index (χ4n) is 5.80. The Morgan fingerprint density at radius 2 is 1.71 bits per heavy atom. The van der Waals surface area contributed by atoms with Crippen molar-refractivity contribution in [2.75, 3.05) is 24.6 Å². The number of fused-ring (bicyclic) bond motifs is 2. The van der Waals surface area contributed by atoms with E-state index in [4.69, 9.17) is 27.8 Å². The first-order valence-electron chi connectivity index (χ1n) is 15.2. The molecule has 0 saturated carbocycles. The molecule has 2 heterocycles. The van der Waals surface area contributed by atoms with E-state index in [2.05, 4.69) is 6.08 Å². The molecule has 0 unspecified atom stereocenters. The number of imidazole rings is 1. The predicted octanol–water partition coefficient (Wildman–Crippen LogP) is 6.20. The average molecular weight is 753 g/mol. The van der Waals surface area contributed by atoms with Gasteiger partial charge in [-0.15, -0.1) is 0 Å². The second-order valence-electron chi connectivity index (χ2n) is 11.3. The molecule has 1 aliphatic carbocycles. The quantitative estimate of drug-likeness (QED) is 0.105. The van der Waals surface area contributed by atoms with Gasteiger partial charge in [-0.1, -0.05) is 17.7 Å². The Labute approximate surface area is 288 Å². The standard InChI is InChI=1S/C31H35Cl2F3N4O6S2/c1-4-37-27-19-23(32)21(3)17-25(27)39(13-6-8-15-47(41,42)43)29(37)11-10-12-30-38(5-2)28-20-24(33)22(31(34,35)36)18-26(28)40(30)14-7-9-16-48(44,45)46/h10-12,18-20H,4-9,13-16H2,1-3H3/p+1. The molecule has 1 fully saturated rings. The van der Waals surface area contributed by atoms with E-state index in [-0.39, 0.29) is 31.3 Å². The highest BCUT2D eigenvalue weighted by Crippen LogP contribution is 2.41. The summed E-state index contributed by atoms with van der Waals surface area (Å²) in [5.74, 6) is 0.275. The van der Waals surface area contributed by atoms with Gasteiger partial charge in [-0.2, -0.15) is 21.6 Å². The van der Waals surface area contributed by atoms with Gasteiger partial charge in [-0.25, -0.2) is 17.6 Å². The topological polar surface area (TPSA) is 127 Å². The summed E-state index contributed by atoms with van der Waals surface area (Å²) in [5, 5.41) is 0.0621. The van der Waals surface area contributed by atoms with Crippen molar-refractivity contribution in [3.63, 3.8) is 0 Å². The summed E-state index contributed by atoms with van der Waals surface area (Å²) in [6.45, 7) is 7.03. The summed E-state index contributed by atoms with van der Waals surface area (Å²) in [6, 6.07) is 2.26. The first-order valence-corrected chi connectivity index (χ1v) is 19.2. The zero-order chi connectivity index (χ0) is 35.6. The van der Waals surface area contributed by atoms with Gasteiger partial charge in [0.25, 0.3) is 15.9 Å². The summed E-state index contributed by atoms with van der Waals surface area (Å²) >= 11 is 12.5. The second-order valence-corrected chi connectivity index (χ2v) is 15.2. The molecule has 1 aliphatic heterocycles. The van der Waals surface area contributed by atoms with Crippen LogP contribution in [0.1, 0.15) is 57.8 Å². The minimum absolute atomic E-state index is 0.0857. The number of benzene rings is 1. The molecule has 1 aromatic carbocycles. The van der Waals surface area contributed by atoms with Gasteiger partial charge in [-0.05, 0) is 52.5 Å². The van der Waals surface area contributed by atoms with E-state index >= 15 is 0 Å². The molecule has 1 saturated heterocycles. The molecular weight excluding hydrogens is 716 g/mol. The van der Waals surface area contributed by atoms with Crippen molar-refractivity contribution in [2.45, 2.75) is 65.7 Å². The third kappa shape index (κ3) is 8.81. The van der Waals surface area contributed by atoms with E-state index in [0.717, 1.165) is 23.0 Å². The Bertz CT molecular complexity index is 1950. The zero-order valence-corrected chi connectivity index (χ0v) is 29.7. The van der Waals surface area contributed by atoms with E-state index < -0.39 is 48.5 Å². The van der Waals surface area contributed by atoms with Crippen molar-refractivity contribution >= 4 is 60.5 Å². The number of rotatable bonds is 14. The molecule has 2 aromatic rings. The molecule has 2 aliphatic rings. The molecule has 4 rings (SSSR count). The van der Waals surface area contributed by atoms with Crippen molar-refractivity contribution in [3.05, 3.63) is 80.7 Å². The predicted molar refractivity (Wildman–Crippen MR) is 177 cm³/mol. The number of hydrogen-bond acceptors (Lipinski definition) is 7. The fraction of sp³-hybridized carbons (Fsp3) is 0.452. The minimum Gasteiger partial charge on any atom is -0.748 e. The molecule has 0 radical (unpaired) electrons. The monoisotopic (exact) mass is 751 g/mol. The van der Waals surface area contributed by atoms with E-state index in [1.54, 1.807) is 21.3 Å². The van der Waals surface area contributed by atoms with Crippen molar-refractivity contribution < 1.29 is 43.7 Å². The summed E-state index contributed by atoms with van der Waals surface area (Å²) in [6.07, 6.45) is 6.62. The zero-order valence-electron chi connectivity index (χ0n) is 26.5. The van der Waals surface area contributed by atoms with Crippen LogP contribution in [0.3, 0.4) is 0 Å². The Kier molecular flexibility index (Phi) is 11.8. The lowest BCUT2D eigenvalue weighted by Gasteiger charge is -2.20.